The van der Waals surface area contributed by atoms with Crippen LogP contribution >= 0.6 is 0 Å². The molecule has 1 aliphatic carbocycles. The third-order valence-corrected chi connectivity index (χ3v) is 8.79. The van der Waals surface area contributed by atoms with Crippen molar-refractivity contribution in [2.45, 2.75) is 84.1 Å². The molecule has 0 spiro atoms. The van der Waals surface area contributed by atoms with E-state index in [1.807, 2.05) is 12.3 Å². The Morgan fingerprint density at radius 2 is 1.81 bits per heavy atom. The van der Waals surface area contributed by atoms with Gasteiger partial charge in [0.15, 0.2) is 0 Å². The van der Waals surface area contributed by atoms with Crippen molar-refractivity contribution < 1.29 is 4.74 Å². The molecule has 5 nitrogen and oxygen atoms in total. The fraction of sp³-hybridized carbons (Fsp3) is 0.548. The molecule has 190 valence electrons. The van der Waals surface area contributed by atoms with Crippen LogP contribution < -0.4 is 0 Å². The van der Waals surface area contributed by atoms with Crippen LogP contribution in [0.4, 0.5) is 0 Å². The number of aryl methyl sites for hydroxylation is 1. The summed E-state index contributed by atoms with van der Waals surface area (Å²) in [6.07, 6.45) is 13.3. The first-order chi connectivity index (χ1) is 17.6. The van der Waals surface area contributed by atoms with Gasteiger partial charge < -0.3 is 14.3 Å². The van der Waals surface area contributed by atoms with E-state index in [1.165, 1.54) is 72.8 Å². The number of H-pyrrole nitrogens is 1. The molecular weight excluding hydrogens is 444 g/mol. The predicted octanol–water partition coefficient (Wildman–Crippen LogP) is 7.81. The van der Waals surface area contributed by atoms with E-state index in [-0.39, 0.29) is 0 Å². The Hall–Kier alpha value is -2.66. The molecule has 2 fully saturated rings. The topological polar surface area (TPSA) is 55.7 Å². The number of nitrogens with zero attached hydrogens (tertiary/aromatic N) is 3. The number of fused-ring (bicyclic) bond motifs is 2. The lowest BCUT2D eigenvalue weighted by Gasteiger charge is -2.32. The Bertz CT molecular complexity index is 1340. The molecule has 5 heteroatoms. The highest BCUT2D eigenvalue weighted by Crippen LogP contribution is 2.42. The maximum absolute atomic E-state index is 5.57. The molecule has 0 radical (unpaired) electrons. The lowest BCUT2D eigenvalue weighted by atomic mass is 9.75. The number of hydrogen-bond acceptors (Lipinski definition) is 3. The highest BCUT2D eigenvalue weighted by molar-refractivity contribution is 5.98. The molecule has 6 rings (SSSR count). The molecule has 4 aromatic rings. The van der Waals surface area contributed by atoms with Crippen molar-refractivity contribution >= 4 is 22.1 Å². The van der Waals surface area contributed by atoms with Gasteiger partial charge in [-0.1, -0.05) is 13.8 Å². The van der Waals surface area contributed by atoms with E-state index >= 15 is 0 Å². The summed E-state index contributed by atoms with van der Waals surface area (Å²) < 4.78 is 7.82. The summed E-state index contributed by atoms with van der Waals surface area (Å²) in [6.45, 7) is 9.61. The van der Waals surface area contributed by atoms with Crippen molar-refractivity contribution in [3.8, 4) is 11.3 Å². The zero-order valence-corrected chi connectivity index (χ0v) is 22.1. The summed E-state index contributed by atoms with van der Waals surface area (Å²) in [7, 11) is 0. The number of aromatic nitrogens is 4. The second kappa shape index (κ2) is 10.0. The van der Waals surface area contributed by atoms with Gasteiger partial charge in [-0.3, -0.25) is 4.98 Å². The fourth-order valence-corrected chi connectivity index (χ4v) is 6.81. The Morgan fingerprint density at radius 3 is 2.56 bits per heavy atom. The van der Waals surface area contributed by atoms with Crippen LogP contribution in [0.25, 0.3) is 33.3 Å². The van der Waals surface area contributed by atoms with E-state index in [0.717, 1.165) is 48.3 Å². The van der Waals surface area contributed by atoms with Crippen LogP contribution in [0.1, 0.15) is 88.8 Å². The van der Waals surface area contributed by atoms with E-state index < -0.39 is 0 Å². The SMILES string of the molecule is CCn1cc(-c2[nH]c3ccc(C4CCC(CC5CCOCC5)CC4)nc3c2C(C)C)c2cccnc21. The Balaban J connectivity index is 1.29. The Morgan fingerprint density at radius 1 is 1.03 bits per heavy atom. The van der Waals surface area contributed by atoms with Crippen molar-refractivity contribution in [1.82, 2.24) is 19.5 Å². The Kier molecular flexibility index (Phi) is 6.59. The highest BCUT2D eigenvalue weighted by atomic mass is 16.5. The van der Waals surface area contributed by atoms with E-state index in [1.54, 1.807) is 0 Å². The standard InChI is InChI=1S/C31H40N4O/c1-4-35-19-25(24-6-5-15-32-31(24)35)29-28(20(2)3)30-27(34-29)12-11-26(33-30)23-9-7-21(8-10-23)18-22-13-16-36-17-14-22/h5-6,11-12,15,19-23,34H,4,7-10,13-14,16-18H2,1-3H3. The number of nitrogens with one attached hydrogen (secondary N) is 1. The van der Waals surface area contributed by atoms with Crippen molar-refractivity contribution in [2.24, 2.45) is 11.8 Å². The van der Waals surface area contributed by atoms with Crippen LogP contribution in [0.15, 0.2) is 36.7 Å². The third kappa shape index (κ3) is 4.36. The van der Waals surface area contributed by atoms with Crippen LogP contribution in [0.3, 0.4) is 0 Å². The van der Waals surface area contributed by atoms with Gasteiger partial charge >= 0.3 is 0 Å². The van der Waals surface area contributed by atoms with Gasteiger partial charge in [0.25, 0.3) is 0 Å². The zero-order chi connectivity index (χ0) is 24.6. The van der Waals surface area contributed by atoms with Gasteiger partial charge in [-0.15, -0.1) is 0 Å². The molecule has 0 amide bonds. The van der Waals surface area contributed by atoms with E-state index in [9.17, 15) is 0 Å². The minimum absolute atomic E-state index is 0.378. The largest absolute Gasteiger partial charge is 0.381 e. The first-order valence-corrected chi connectivity index (χ1v) is 14.2. The number of aromatic amines is 1. The Labute approximate surface area is 214 Å². The number of hydrogen-bond donors (Lipinski definition) is 1. The molecule has 5 heterocycles. The van der Waals surface area contributed by atoms with Gasteiger partial charge in [-0.25, -0.2) is 4.98 Å². The molecule has 0 bridgehead atoms. The molecule has 4 aromatic heterocycles. The van der Waals surface area contributed by atoms with Crippen LogP contribution in [0, 0.1) is 11.8 Å². The first-order valence-electron chi connectivity index (χ1n) is 14.2. The lowest BCUT2D eigenvalue weighted by Crippen LogP contribution is -2.21. The normalized spacial score (nSPS) is 21.7. The van der Waals surface area contributed by atoms with Gasteiger partial charge in [0.1, 0.15) is 5.65 Å². The monoisotopic (exact) mass is 484 g/mol. The van der Waals surface area contributed by atoms with Gasteiger partial charge in [-0.05, 0) is 93.9 Å². The molecule has 1 N–H and O–H groups in total. The van der Waals surface area contributed by atoms with Gasteiger partial charge in [0, 0.05) is 60.3 Å². The second-order valence-corrected chi connectivity index (χ2v) is 11.4. The molecule has 0 atom stereocenters. The maximum Gasteiger partial charge on any atom is 0.140 e. The van der Waals surface area contributed by atoms with Gasteiger partial charge in [-0.2, -0.15) is 0 Å². The summed E-state index contributed by atoms with van der Waals surface area (Å²) >= 11 is 0. The molecule has 1 saturated heterocycles. The van der Waals surface area contributed by atoms with Crippen LogP contribution in [0.5, 0.6) is 0 Å². The summed E-state index contributed by atoms with van der Waals surface area (Å²) in [5.41, 5.74) is 8.41. The molecule has 36 heavy (non-hydrogen) atoms. The fourth-order valence-electron chi connectivity index (χ4n) is 6.81. The molecule has 0 unspecified atom stereocenters. The van der Waals surface area contributed by atoms with E-state index in [0.29, 0.717) is 11.8 Å². The van der Waals surface area contributed by atoms with Crippen LogP contribution in [-0.2, 0) is 11.3 Å². The average Bonchev–Trinajstić information content (AvgIpc) is 3.48. The first kappa shape index (κ1) is 23.7. The van der Waals surface area contributed by atoms with Crippen molar-refractivity contribution in [2.75, 3.05) is 13.2 Å². The molecule has 0 aromatic carbocycles. The van der Waals surface area contributed by atoms with Crippen molar-refractivity contribution in [1.29, 1.82) is 0 Å². The smallest absolute Gasteiger partial charge is 0.140 e. The minimum Gasteiger partial charge on any atom is -0.381 e. The quantitative estimate of drug-likeness (QED) is 0.303. The molecular formula is C31H40N4O. The summed E-state index contributed by atoms with van der Waals surface area (Å²) in [4.78, 5) is 13.8. The molecule has 1 aliphatic heterocycles. The lowest BCUT2D eigenvalue weighted by molar-refractivity contribution is 0.0558. The minimum atomic E-state index is 0.378. The summed E-state index contributed by atoms with van der Waals surface area (Å²) in [5, 5.41) is 1.20. The number of rotatable bonds is 6. The van der Waals surface area contributed by atoms with Gasteiger partial charge in [0.2, 0.25) is 0 Å². The van der Waals surface area contributed by atoms with Crippen molar-refractivity contribution in [3.05, 3.63) is 47.9 Å². The number of pyridine rings is 2. The van der Waals surface area contributed by atoms with Crippen LogP contribution in [-0.4, -0.2) is 32.7 Å². The van der Waals surface area contributed by atoms with Crippen molar-refractivity contribution in [3.63, 3.8) is 0 Å². The molecule has 2 aliphatic rings. The highest BCUT2D eigenvalue weighted by Gasteiger charge is 2.27. The number of ether oxygens (including phenoxy) is 1. The maximum atomic E-state index is 5.57. The molecule has 1 saturated carbocycles. The average molecular weight is 485 g/mol. The van der Waals surface area contributed by atoms with E-state index in [2.05, 4.69) is 59.7 Å². The summed E-state index contributed by atoms with van der Waals surface area (Å²) in [5.74, 6) is 2.74. The van der Waals surface area contributed by atoms with Crippen LogP contribution in [0.2, 0.25) is 0 Å². The third-order valence-electron chi connectivity index (χ3n) is 8.79. The van der Waals surface area contributed by atoms with Gasteiger partial charge in [0.05, 0.1) is 16.7 Å². The second-order valence-electron chi connectivity index (χ2n) is 11.4. The van der Waals surface area contributed by atoms with E-state index in [4.69, 9.17) is 9.72 Å². The zero-order valence-electron chi connectivity index (χ0n) is 22.1. The summed E-state index contributed by atoms with van der Waals surface area (Å²) in [6, 6.07) is 8.79. The predicted molar refractivity (Wildman–Crippen MR) is 147 cm³/mol.